The average Bonchev–Trinajstić information content (AvgIpc) is 2.27. The minimum Gasteiger partial charge on any atom is -0.493 e. The van der Waals surface area contributed by atoms with Crippen molar-refractivity contribution in [1.82, 2.24) is 0 Å². The van der Waals surface area contributed by atoms with Crippen molar-refractivity contribution < 1.29 is 9.53 Å². The molecule has 0 amide bonds. The number of ketones is 1. The lowest BCUT2D eigenvalue weighted by Gasteiger charge is -2.07. The lowest BCUT2D eigenvalue weighted by atomic mass is 10.0. The first-order valence-corrected chi connectivity index (χ1v) is 4.93. The van der Waals surface area contributed by atoms with Gasteiger partial charge in [-0.25, -0.2) is 0 Å². The minimum absolute atomic E-state index is 0.203. The first kappa shape index (κ1) is 9.25. The maximum Gasteiger partial charge on any atom is 0.167 e. The first-order valence-electron chi connectivity index (χ1n) is 4.93. The summed E-state index contributed by atoms with van der Waals surface area (Å²) in [5, 5.41) is 0. The predicted octanol–water partition coefficient (Wildman–Crippen LogP) is 2.60. The van der Waals surface area contributed by atoms with Gasteiger partial charge in [0, 0.05) is 6.42 Å². The van der Waals surface area contributed by atoms with E-state index in [1.165, 1.54) is 0 Å². The molecular formula is C12H14O2. The van der Waals surface area contributed by atoms with Crippen LogP contribution in [0.15, 0.2) is 18.2 Å². The molecule has 0 radical (unpaired) electrons. The van der Waals surface area contributed by atoms with E-state index < -0.39 is 0 Å². The Balaban J connectivity index is 2.44. The van der Waals surface area contributed by atoms with E-state index in [1.54, 1.807) is 0 Å². The molecular weight excluding hydrogens is 176 g/mol. The topological polar surface area (TPSA) is 26.3 Å². The molecule has 0 unspecified atom stereocenters. The number of ether oxygens (including phenoxy) is 1. The number of Topliss-reactive ketones (excluding diaryl/α,β-unsaturated/α-hetero) is 1. The molecule has 2 rings (SSSR count). The molecule has 0 saturated carbocycles. The Hall–Kier alpha value is -1.31. The summed E-state index contributed by atoms with van der Waals surface area (Å²) in [4.78, 5) is 11.8. The van der Waals surface area contributed by atoms with E-state index in [0.717, 1.165) is 16.9 Å². The van der Waals surface area contributed by atoms with Crippen LogP contribution in [0.2, 0.25) is 0 Å². The fourth-order valence-corrected chi connectivity index (χ4v) is 1.71. The van der Waals surface area contributed by atoms with Gasteiger partial charge in [-0.3, -0.25) is 4.79 Å². The molecule has 0 saturated heterocycles. The lowest BCUT2D eigenvalue weighted by molar-refractivity contribution is 0.0966. The van der Waals surface area contributed by atoms with Gasteiger partial charge in [0.25, 0.3) is 0 Å². The fraction of sp³-hybridized carbons (Fsp3) is 0.417. The van der Waals surface area contributed by atoms with Gasteiger partial charge in [0.2, 0.25) is 0 Å². The average molecular weight is 190 g/mol. The standard InChI is InChI=1S/C12H14O2/c1-8-3-4-12-10(5-8)11(13)6-9(2)7-14-12/h3-5,9H,6-7H2,1-2H3/t9-/m0/s1. The zero-order valence-corrected chi connectivity index (χ0v) is 8.54. The molecule has 2 nitrogen and oxygen atoms in total. The van der Waals surface area contributed by atoms with Crippen LogP contribution >= 0.6 is 0 Å². The zero-order valence-electron chi connectivity index (χ0n) is 8.54. The molecule has 1 aliphatic heterocycles. The highest BCUT2D eigenvalue weighted by Crippen LogP contribution is 2.26. The second-order valence-electron chi connectivity index (χ2n) is 4.04. The summed E-state index contributed by atoms with van der Waals surface area (Å²) in [5.41, 5.74) is 1.85. The van der Waals surface area contributed by atoms with Crippen molar-refractivity contribution >= 4 is 5.78 Å². The summed E-state index contributed by atoms with van der Waals surface area (Å²) in [6, 6.07) is 5.78. The maximum absolute atomic E-state index is 11.8. The Kier molecular flexibility index (Phi) is 2.28. The van der Waals surface area contributed by atoms with E-state index in [4.69, 9.17) is 4.74 Å². The number of aryl methyl sites for hydroxylation is 1. The first-order chi connectivity index (χ1) is 6.66. The van der Waals surface area contributed by atoms with Gasteiger partial charge in [0.05, 0.1) is 12.2 Å². The summed E-state index contributed by atoms with van der Waals surface area (Å²) in [5.74, 6) is 1.26. The van der Waals surface area contributed by atoms with Crippen molar-refractivity contribution in [3.8, 4) is 5.75 Å². The van der Waals surface area contributed by atoms with E-state index in [2.05, 4.69) is 0 Å². The number of carbonyl (C=O) groups excluding carboxylic acids is 1. The SMILES string of the molecule is Cc1ccc2c(c1)C(=O)C[C@H](C)CO2. The number of hydrogen-bond acceptors (Lipinski definition) is 2. The Morgan fingerprint density at radius 3 is 3.00 bits per heavy atom. The Morgan fingerprint density at radius 2 is 2.21 bits per heavy atom. The molecule has 1 atom stereocenters. The molecule has 0 spiro atoms. The molecule has 1 heterocycles. The summed E-state index contributed by atoms with van der Waals surface area (Å²) in [6.07, 6.45) is 0.594. The van der Waals surface area contributed by atoms with Gasteiger partial charge in [0.1, 0.15) is 5.75 Å². The number of benzene rings is 1. The van der Waals surface area contributed by atoms with Gasteiger partial charge in [-0.1, -0.05) is 18.6 Å². The molecule has 0 N–H and O–H groups in total. The number of rotatable bonds is 0. The van der Waals surface area contributed by atoms with E-state index in [0.29, 0.717) is 18.9 Å². The molecule has 0 fully saturated rings. The van der Waals surface area contributed by atoms with E-state index >= 15 is 0 Å². The van der Waals surface area contributed by atoms with E-state index in [-0.39, 0.29) is 5.78 Å². The van der Waals surface area contributed by atoms with Crippen molar-refractivity contribution in [1.29, 1.82) is 0 Å². The third-order valence-corrected chi connectivity index (χ3v) is 2.49. The van der Waals surface area contributed by atoms with Crippen LogP contribution in [0.4, 0.5) is 0 Å². The summed E-state index contributed by atoms with van der Waals surface area (Å²) < 4.78 is 5.57. The van der Waals surface area contributed by atoms with Crippen LogP contribution in [0, 0.1) is 12.8 Å². The summed E-state index contributed by atoms with van der Waals surface area (Å²) in [6.45, 7) is 4.67. The third-order valence-electron chi connectivity index (χ3n) is 2.49. The summed E-state index contributed by atoms with van der Waals surface area (Å²) >= 11 is 0. The predicted molar refractivity (Wildman–Crippen MR) is 54.8 cm³/mol. The largest absolute Gasteiger partial charge is 0.493 e. The molecule has 1 aliphatic rings. The number of carbonyl (C=O) groups is 1. The van der Waals surface area contributed by atoms with Crippen LogP contribution in [0.3, 0.4) is 0 Å². The van der Waals surface area contributed by atoms with Crippen molar-refractivity contribution in [3.63, 3.8) is 0 Å². The van der Waals surface area contributed by atoms with E-state index in [9.17, 15) is 4.79 Å². The Bertz CT molecular complexity index is 369. The molecule has 0 aliphatic carbocycles. The molecule has 0 bridgehead atoms. The molecule has 74 valence electrons. The normalized spacial score (nSPS) is 21.0. The third kappa shape index (κ3) is 1.65. The second-order valence-corrected chi connectivity index (χ2v) is 4.04. The second kappa shape index (κ2) is 3.45. The van der Waals surface area contributed by atoms with Crippen LogP contribution in [-0.2, 0) is 0 Å². The van der Waals surface area contributed by atoms with Crippen molar-refractivity contribution in [3.05, 3.63) is 29.3 Å². The molecule has 1 aromatic rings. The molecule has 0 aromatic heterocycles. The molecule has 14 heavy (non-hydrogen) atoms. The van der Waals surface area contributed by atoms with Gasteiger partial charge in [-0.15, -0.1) is 0 Å². The van der Waals surface area contributed by atoms with Crippen molar-refractivity contribution in [2.45, 2.75) is 20.3 Å². The number of hydrogen-bond donors (Lipinski definition) is 0. The maximum atomic E-state index is 11.8. The van der Waals surface area contributed by atoms with E-state index in [1.807, 2.05) is 32.0 Å². The van der Waals surface area contributed by atoms with Crippen LogP contribution in [-0.4, -0.2) is 12.4 Å². The zero-order chi connectivity index (χ0) is 10.1. The Labute approximate surface area is 83.9 Å². The minimum atomic E-state index is 0.203. The molecule has 2 heteroatoms. The van der Waals surface area contributed by atoms with Crippen LogP contribution in [0.5, 0.6) is 5.75 Å². The van der Waals surface area contributed by atoms with Gasteiger partial charge in [0.15, 0.2) is 5.78 Å². The van der Waals surface area contributed by atoms with Crippen molar-refractivity contribution in [2.75, 3.05) is 6.61 Å². The highest BCUT2D eigenvalue weighted by molar-refractivity contribution is 5.99. The Morgan fingerprint density at radius 1 is 1.43 bits per heavy atom. The van der Waals surface area contributed by atoms with Gasteiger partial charge >= 0.3 is 0 Å². The lowest BCUT2D eigenvalue weighted by Crippen LogP contribution is -2.07. The van der Waals surface area contributed by atoms with Gasteiger partial charge in [-0.2, -0.15) is 0 Å². The fourth-order valence-electron chi connectivity index (χ4n) is 1.71. The van der Waals surface area contributed by atoms with Gasteiger partial charge in [-0.05, 0) is 25.0 Å². The smallest absolute Gasteiger partial charge is 0.167 e. The van der Waals surface area contributed by atoms with Crippen LogP contribution < -0.4 is 4.74 Å². The monoisotopic (exact) mass is 190 g/mol. The number of fused-ring (bicyclic) bond motifs is 1. The highest BCUT2D eigenvalue weighted by atomic mass is 16.5. The van der Waals surface area contributed by atoms with Crippen molar-refractivity contribution in [2.24, 2.45) is 5.92 Å². The summed E-state index contributed by atoms with van der Waals surface area (Å²) in [7, 11) is 0. The highest BCUT2D eigenvalue weighted by Gasteiger charge is 2.20. The van der Waals surface area contributed by atoms with Gasteiger partial charge < -0.3 is 4.74 Å². The molecule has 1 aromatic carbocycles. The van der Waals surface area contributed by atoms with Crippen LogP contribution in [0.1, 0.15) is 29.3 Å². The van der Waals surface area contributed by atoms with Crippen LogP contribution in [0.25, 0.3) is 0 Å². The quantitative estimate of drug-likeness (QED) is 0.628.